The van der Waals surface area contributed by atoms with Crippen LogP contribution in [0.4, 0.5) is 10.2 Å². The molecule has 0 saturated heterocycles. The molecule has 0 saturated carbocycles. The first-order chi connectivity index (χ1) is 15.4. The van der Waals surface area contributed by atoms with Crippen molar-refractivity contribution in [3.05, 3.63) is 98.1 Å². The lowest BCUT2D eigenvalue weighted by atomic mass is 10.2. The van der Waals surface area contributed by atoms with Crippen molar-refractivity contribution in [3.8, 4) is 5.75 Å². The minimum absolute atomic E-state index is 0.259. The summed E-state index contributed by atoms with van der Waals surface area (Å²) in [5, 5.41) is 9.63. The first-order valence-corrected chi connectivity index (χ1v) is 11.2. The molecule has 0 atom stereocenters. The number of rotatable bonds is 7. The Hall–Kier alpha value is -3.16. The molecule has 2 aromatic carbocycles. The molecule has 0 spiro atoms. The highest BCUT2D eigenvalue weighted by Crippen LogP contribution is 2.27. The molecule has 0 aliphatic rings. The van der Waals surface area contributed by atoms with E-state index in [1.807, 2.05) is 31.4 Å². The Labute approximate surface area is 194 Å². The van der Waals surface area contributed by atoms with Crippen LogP contribution in [0.3, 0.4) is 0 Å². The van der Waals surface area contributed by atoms with Crippen LogP contribution in [0.2, 0.25) is 5.02 Å². The van der Waals surface area contributed by atoms with E-state index in [1.54, 1.807) is 41.1 Å². The van der Waals surface area contributed by atoms with Crippen LogP contribution in [-0.4, -0.2) is 15.7 Å². The summed E-state index contributed by atoms with van der Waals surface area (Å²) in [5.74, 6) is 0.486. The lowest BCUT2D eigenvalue weighted by molar-refractivity contribution is 0.103. The molecule has 4 aromatic rings. The van der Waals surface area contributed by atoms with E-state index in [4.69, 9.17) is 16.3 Å². The number of halogens is 2. The van der Waals surface area contributed by atoms with Gasteiger partial charge < -0.3 is 10.1 Å². The number of nitrogens with one attached hydrogen (secondary N) is 1. The maximum atomic E-state index is 13.9. The molecule has 2 heterocycles. The monoisotopic (exact) mass is 469 g/mol. The smallest absolute Gasteiger partial charge is 0.266 e. The third-order valence-electron chi connectivity index (χ3n) is 4.86. The summed E-state index contributed by atoms with van der Waals surface area (Å²) >= 11 is 7.49. The fourth-order valence-corrected chi connectivity index (χ4v) is 4.11. The minimum atomic E-state index is -0.284. The van der Waals surface area contributed by atoms with Crippen LogP contribution < -0.4 is 10.1 Å². The lowest BCUT2D eigenvalue weighted by Crippen LogP contribution is -2.12. The van der Waals surface area contributed by atoms with Crippen LogP contribution in [0.15, 0.2) is 60.0 Å². The highest BCUT2D eigenvalue weighted by molar-refractivity contribution is 7.12. The van der Waals surface area contributed by atoms with Crippen LogP contribution >= 0.6 is 22.9 Å². The Balaban J connectivity index is 1.39. The van der Waals surface area contributed by atoms with Gasteiger partial charge in [0, 0.05) is 22.9 Å². The Bertz CT molecular complexity index is 1270. The van der Waals surface area contributed by atoms with E-state index in [2.05, 4.69) is 10.4 Å². The zero-order valence-electron chi connectivity index (χ0n) is 17.6. The topological polar surface area (TPSA) is 56.1 Å². The van der Waals surface area contributed by atoms with Gasteiger partial charge in [-0.15, -0.1) is 11.3 Å². The fraction of sp³-hybridized carbons (Fsp3) is 0.167. The maximum absolute atomic E-state index is 13.9. The second kappa shape index (κ2) is 9.54. The van der Waals surface area contributed by atoms with Crippen molar-refractivity contribution in [2.45, 2.75) is 27.0 Å². The van der Waals surface area contributed by atoms with E-state index < -0.39 is 0 Å². The summed E-state index contributed by atoms with van der Waals surface area (Å²) in [5.41, 5.74) is 3.28. The Kier molecular flexibility index (Phi) is 6.58. The number of ether oxygens (including phenoxy) is 1. The van der Waals surface area contributed by atoms with Gasteiger partial charge in [-0.2, -0.15) is 5.10 Å². The molecule has 0 radical (unpaired) electrons. The van der Waals surface area contributed by atoms with Gasteiger partial charge >= 0.3 is 0 Å². The minimum Gasteiger partial charge on any atom is -0.487 e. The number of carbonyl (C=O) groups is 1. The number of aromatic nitrogens is 2. The normalized spacial score (nSPS) is 10.9. The van der Waals surface area contributed by atoms with Gasteiger partial charge in [-0.05, 0) is 49.1 Å². The number of amides is 1. The number of carbonyl (C=O) groups excluding carboxylic acids is 1. The molecule has 4 rings (SSSR count). The standard InChI is InChI=1S/C24H21ClFN3O2S/c1-15-7-8-19(25)21(9-15)31-13-17-11-22(32-14-17)24(30)27-23-10-16(2)29(28-23)12-18-5-3-4-6-20(18)26/h3-11,14H,12-13H2,1-2H3,(H,27,28,30). The van der Waals surface area contributed by atoms with E-state index in [-0.39, 0.29) is 18.3 Å². The second-order valence-corrected chi connectivity index (χ2v) is 8.73. The Morgan fingerprint density at radius 2 is 2.00 bits per heavy atom. The fourth-order valence-electron chi connectivity index (χ4n) is 3.15. The molecule has 32 heavy (non-hydrogen) atoms. The Morgan fingerprint density at radius 1 is 1.19 bits per heavy atom. The molecule has 0 unspecified atom stereocenters. The van der Waals surface area contributed by atoms with Gasteiger partial charge in [0.2, 0.25) is 0 Å². The van der Waals surface area contributed by atoms with Crippen molar-refractivity contribution in [1.29, 1.82) is 0 Å². The number of hydrogen-bond acceptors (Lipinski definition) is 4. The van der Waals surface area contributed by atoms with Gasteiger partial charge in [-0.1, -0.05) is 35.9 Å². The molecule has 8 heteroatoms. The zero-order chi connectivity index (χ0) is 22.7. The van der Waals surface area contributed by atoms with Crippen LogP contribution in [0.1, 0.15) is 32.1 Å². The molecular weight excluding hydrogens is 449 g/mol. The number of nitrogens with zero attached hydrogens (tertiary/aromatic N) is 2. The van der Waals surface area contributed by atoms with Gasteiger partial charge in [-0.25, -0.2) is 4.39 Å². The van der Waals surface area contributed by atoms with Gasteiger partial charge in [0.25, 0.3) is 5.91 Å². The van der Waals surface area contributed by atoms with Crippen molar-refractivity contribution in [2.75, 3.05) is 5.32 Å². The molecule has 2 aromatic heterocycles. The summed E-state index contributed by atoms with van der Waals surface area (Å²) in [6.07, 6.45) is 0. The summed E-state index contributed by atoms with van der Waals surface area (Å²) in [6.45, 7) is 4.43. The number of thiophene rings is 1. The molecule has 164 valence electrons. The molecular formula is C24H21ClFN3O2S. The molecule has 1 N–H and O–H groups in total. The van der Waals surface area contributed by atoms with Crippen LogP contribution in [0, 0.1) is 19.7 Å². The summed E-state index contributed by atoms with van der Waals surface area (Å²) in [4.78, 5) is 13.2. The average molecular weight is 470 g/mol. The molecule has 5 nitrogen and oxygen atoms in total. The van der Waals surface area contributed by atoms with E-state index in [1.165, 1.54) is 17.4 Å². The quantitative estimate of drug-likeness (QED) is 0.349. The third-order valence-corrected chi connectivity index (χ3v) is 6.15. The van der Waals surface area contributed by atoms with Crippen LogP contribution in [-0.2, 0) is 13.2 Å². The number of anilines is 1. The van der Waals surface area contributed by atoms with E-state index in [0.717, 1.165) is 16.8 Å². The first-order valence-electron chi connectivity index (χ1n) is 9.94. The molecule has 0 aliphatic carbocycles. The third kappa shape index (κ3) is 5.18. The SMILES string of the molecule is Cc1ccc(Cl)c(OCc2csc(C(=O)Nc3cc(C)n(Cc4ccccc4F)n3)c2)c1. The highest BCUT2D eigenvalue weighted by atomic mass is 35.5. The zero-order valence-corrected chi connectivity index (χ0v) is 19.1. The summed E-state index contributed by atoms with van der Waals surface area (Å²) in [6, 6.07) is 15.7. The average Bonchev–Trinajstić information content (AvgIpc) is 3.37. The van der Waals surface area contributed by atoms with Gasteiger partial charge in [0.05, 0.1) is 16.4 Å². The van der Waals surface area contributed by atoms with E-state index >= 15 is 0 Å². The van der Waals surface area contributed by atoms with Gasteiger partial charge in [0.1, 0.15) is 18.2 Å². The number of aryl methyl sites for hydroxylation is 2. The molecule has 0 fully saturated rings. The van der Waals surface area contributed by atoms with E-state index in [9.17, 15) is 9.18 Å². The Morgan fingerprint density at radius 3 is 2.81 bits per heavy atom. The van der Waals surface area contributed by atoms with Crippen LogP contribution in [0.25, 0.3) is 0 Å². The van der Waals surface area contributed by atoms with Crippen LogP contribution in [0.5, 0.6) is 5.75 Å². The maximum Gasteiger partial charge on any atom is 0.266 e. The predicted molar refractivity (Wildman–Crippen MR) is 125 cm³/mol. The van der Waals surface area contributed by atoms with Crippen molar-refractivity contribution in [2.24, 2.45) is 0 Å². The van der Waals surface area contributed by atoms with Crippen molar-refractivity contribution < 1.29 is 13.9 Å². The highest BCUT2D eigenvalue weighted by Gasteiger charge is 2.14. The number of benzene rings is 2. The molecule has 0 aliphatic heterocycles. The lowest BCUT2D eigenvalue weighted by Gasteiger charge is -2.07. The molecule has 0 bridgehead atoms. The summed E-state index contributed by atoms with van der Waals surface area (Å²) < 4.78 is 21.4. The van der Waals surface area contributed by atoms with Gasteiger partial charge in [0.15, 0.2) is 5.82 Å². The van der Waals surface area contributed by atoms with Crippen molar-refractivity contribution in [3.63, 3.8) is 0 Å². The largest absolute Gasteiger partial charge is 0.487 e. The number of hydrogen-bond donors (Lipinski definition) is 1. The summed E-state index contributed by atoms with van der Waals surface area (Å²) in [7, 11) is 0. The molecule has 1 amide bonds. The van der Waals surface area contributed by atoms with Crippen molar-refractivity contribution in [1.82, 2.24) is 9.78 Å². The van der Waals surface area contributed by atoms with Gasteiger partial charge in [-0.3, -0.25) is 9.48 Å². The van der Waals surface area contributed by atoms with Crippen molar-refractivity contribution >= 4 is 34.7 Å². The predicted octanol–water partition coefficient (Wildman–Crippen LogP) is 6.23. The van der Waals surface area contributed by atoms with E-state index in [0.29, 0.717) is 33.6 Å². The second-order valence-electron chi connectivity index (χ2n) is 7.42. The first kappa shape index (κ1) is 22.0.